The van der Waals surface area contributed by atoms with E-state index in [1.807, 2.05) is 0 Å². The average molecular weight is 254 g/mol. The van der Waals surface area contributed by atoms with Crippen LogP contribution in [0, 0.1) is 0 Å². The van der Waals surface area contributed by atoms with Gasteiger partial charge in [0.2, 0.25) is 5.78 Å². The summed E-state index contributed by atoms with van der Waals surface area (Å²) < 4.78 is 5.40. The third-order valence-corrected chi connectivity index (χ3v) is 3.74. The van der Waals surface area contributed by atoms with E-state index in [0.717, 1.165) is 13.0 Å². The van der Waals surface area contributed by atoms with E-state index in [0.29, 0.717) is 17.7 Å². The van der Waals surface area contributed by atoms with Crippen molar-refractivity contribution in [3.63, 3.8) is 0 Å². The Kier molecular flexibility index (Phi) is 5.09. The summed E-state index contributed by atoms with van der Waals surface area (Å²) in [5.74, 6) is -0.0170. The Balaban J connectivity index is 1.58. The number of piperidine rings is 1. The summed E-state index contributed by atoms with van der Waals surface area (Å²) in [4.78, 5) is 15.5. The van der Waals surface area contributed by atoms with Crippen molar-refractivity contribution < 1.29 is 9.53 Å². The van der Waals surface area contributed by atoms with E-state index >= 15 is 0 Å². The van der Waals surface area contributed by atoms with Crippen molar-refractivity contribution in [1.29, 1.82) is 0 Å². The van der Waals surface area contributed by atoms with Crippen LogP contribution in [-0.2, 0) is 4.74 Å². The lowest BCUT2D eigenvalue weighted by Crippen LogP contribution is -2.34. The Morgan fingerprint density at radius 3 is 3.24 bits per heavy atom. The van der Waals surface area contributed by atoms with Crippen molar-refractivity contribution in [3.8, 4) is 0 Å². The SMILES string of the molecule is O=C(COCC[C@@H]1CCCCN1)c1nccs1. The highest BCUT2D eigenvalue weighted by molar-refractivity contribution is 7.11. The largest absolute Gasteiger partial charge is 0.373 e. The lowest BCUT2D eigenvalue weighted by atomic mass is 10.0. The minimum atomic E-state index is -0.0170. The van der Waals surface area contributed by atoms with Gasteiger partial charge in [-0.2, -0.15) is 0 Å². The second kappa shape index (κ2) is 6.83. The van der Waals surface area contributed by atoms with E-state index < -0.39 is 0 Å². The molecule has 0 aromatic carbocycles. The smallest absolute Gasteiger partial charge is 0.216 e. The quantitative estimate of drug-likeness (QED) is 0.622. The summed E-state index contributed by atoms with van der Waals surface area (Å²) in [6, 6.07) is 0.568. The molecule has 0 unspecified atom stereocenters. The molecule has 1 aromatic heterocycles. The highest BCUT2D eigenvalue weighted by Gasteiger charge is 2.13. The molecule has 2 rings (SSSR count). The molecule has 0 aliphatic carbocycles. The van der Waals surface area contributed by atoms with Gasteiger partial charge in [0.15, 0.2) is 5.01 Å². The fourth-order valence-electron chi connectivity index (χ4n) is 1.98. The second-order valence-corrected chi connectivity index (χ2v) is 5.14. The van der Waals surface area contributed by atoms with E-state index in [-0.39, 0.29) is 12.4 Å². The number of hydrogen-bond acceptors (Lipinski definition) is 5. The minimum absolute atomic E-state index is 0.0170. The molecule has 1 aliphatic rings. The van der Waals surface area contributed by atoms with E-state index in [9.17, 15) is 4.79 Å². The number of aromatic nitrogens is 1. The summed E-state index contributed by atoms with van der Waals surface area (Å²) >= 11 is 1.36. The van der Waals surface area contributed by atoms with Gasteiger partial charge in [-0.15, -0.1) is 11.3 Å². The molecule has 5 heteroatoms. The zero-order valence-electron chi connectivity index (χ0n) is 9.85. The average Bonchev–Trinajstić information content (AvgIpc) is 2.89. The lowest BCUT2D eigenvalue weighted by Gasteiger charge is -2.23. The summed E-state index contributed by atoms with van der Waals surface area (Å²) in [5.41, 5.74) is 0. The van der Waals surface area contributed by atoms with Gasteiger partial charge in [-0.25, -0.2) is 4.98 Å². The number of carbonyl (C=O) groups excluding carboxylic acids is 1. The Morgan fingerprint density at radius 1 is 1.59 bits per heavy atom. The number of thiazole rings is 1. The van der Waals surface area contributed by atoms with Crippen LogP contribution in [0.3, 0.4) is 0 Å². The monoisotopic (exact) mass is 254 g/mol. The van der Waals surface area contributed by atoms with E-state index in [2.05, 4.69) is 10.3 Å². The zero-order valence-corrected chi connectivity index (χ0v) is 10.7. The van der Waals surface area contributed by atoms with Crippen molar-refractivity contribution in [2.75, 3.05) is 19.8 Å². The van der Waals surface area contributed by atoms with Crippen molar-refractivity contribution in [2.45, 2.75) is 31.7 Å². The Labute approximate surface area is 105 Å². The molecule has 0 amide bonds. The molecule has 94 valence electrons. The molecule has 1 fully saturated rings. The first-order chi connectivity index (χ1) is 8.36. The van der Waals surface area contributed by atoms with Gasteiger partial charge in [0.05, 0.1) is 0 Å². The van der Waals surface area contributed by atoms with Crippen molar-refractivity contribution in [3.05, 3.63) is 16.6 Å². The number of rotatable bonds is 6. The molecule has 1 aliphatic heterocycles. The molecule has 1 aromatic rings. The summed E-state index contributed by atoms with van der Waals surface area (Å²) in [6.07, 6.45) is 6.44. The molecule has 0 spiro atoms. The molecule has 1 N–H and O–H groups in total. The van der Waals surface area contributed by atoms with Crippen LogP contribution >= 0.6 is 11.3 Å². The predicted molar refractivity (Wildman–Crippen MR) is 67.5 cm³/mol. The zero-order chi connectivity index (χ0) is 11.9. The van der Waals surface area contributed by atoms with Crippen molar-refractivity contribution in [1.82, 2.24) is 10.3 Å². The first-order valence-corrected chi connectivity index (χ1v) is 6.98. The van der Waals surface area contributed by atoms with Gasteiger partial charge in [-0.3, -0.25) is 4.79 Å². The third-order valence-electron chi connectivity index (χ3n) is 2.93. The summed E-state index contributed by atoms with van der Waals surface area (Å²) in [6.45, 7) is 1.91. The van der Waals surface area contributed by atoms with Crippen LogP contribution < -0.4 is 5.32 Å². The van der Waals surface area contributed by atoms with E-state index in [1.54, 1.807) is 11.6 Å². The van der Waals surface area contributed by atoms with Crippen LogP contribution in [0.1, 0.15) is 35.5 Å². The Bertz CT molecular complexity index is 334. The molecule has 1 saturated heterocycles. The standard InChI is InChI=1S/C12H18N2O2S/c15-11(12-14-6-8-17-12)9-16-7-4-10-3-1-2-5-13-10/h6,8,10,13H,1-5,7,9H2/t10-/m0/s1. The Hall–Kier alpha value is -0.780. The molecular weight excluding hydrogens is 236 g/mol. The minimum Gasteiger partial charge on any atom is -0.373 e. The molecule has 4 nitrogen and oxygen atoms in total. The number of ketones is 1. The van der Waals surface area contributed by atoms with E-state index in [4.69, 9.17) is 4.74 Å². The number of nitrogens with one attached hydrogen (secondary N) is 1. The second-order valence-electron chi connectivity index (χ2n) is 4.25. The normalized spacial score (nSPS) is 20.4. The molecule has 0 bridgehead atoms. The van der Waals surface area contributed by atoms with Crippen LogP contribution in [0.2, 0.25) is 0 Å². The van der Waals surface area contributed by atoms with E-state index in [1.165, 1.54) is 30.6 Å². The van der Waals surface area contributed by atoms with Crippen molar-refractivity contribution >= 4 is 17.1 Å². The summed E-state index contributed by atoms with van der Waals surface area (Å²) in [5, 5.41) is 5.81. The molecule has 0 radical (unpaired) electrons. The number of ether oxygens (including phenoxy) is 1. The highest BCUT2D eigenvalue weighted by atomic mass is 32.1. The van der Waals surface area contributed by atoms with Gasteiger partial charge in [-0.1, -0.05) is 6.42 Å². The third kappa shape index (κ3) is 4.18. The van der Waals surface area contributed by atoms with Crippen molar-refractivity contribution in [2.24, 2.45) is 0 Å². The molecule has 17 heavy (non-hydrogen) atoms. The fourth-order valence-corrected chi connectivity index (χ4v) is 2.55. The van der Waals surface area contributed by atoms with Gasteiger partial charge in [0, 0.05) is 24.2 Å². The number of nitrogens with zero attached hydrogens (tertiary/aromatic N) is 1. The maximum absolute atomic E-state index is 11.6. The van der Waals surface area contributed by atoms with Crippen LogP contribution in [0.15, 0.2) is 11.6 Å². The van der Waals surface area contributed by atoms with Gasteiger partial charge in [0.25, 0.3) is 0 Å². The highest BCUT2D eigenvalue weighted by Crippen LogP contribution is 2.10. The maximum atomic E-state index is 11.6. The number of carbonyl (C=O) groups is 1. The molecule has 0 saturated carbocycles. The van der Waals surface area contributed by atoms with Crippen LogP contribution in [0.4, 0.5) is 0 Å². The Morgan fingerprint density at radius 2 is 2.53 bits per heavy atom. The van der Waals surface area contributed by atoms with Gasteiger partial charge in [0.1, 0.15) is 6.61 Å². The summed E-state index contributed by atoms with van der Waals surface area (Å²) in [7, 11) is 0. The lowest BCUT2D eigenvalue weighted by molar-refractivity contribution is 0.0735. The molecule has 1 atom stereocenters. The van der Waals surface area contributed by atoms with Gasteiger partial charge in [-0.05, 0) is 25.8 Å². The molecular formula is C12H18N2O2S. The van der Waals surface area contributed by atoms with Crippen LogP contribution in [-0.4, -0.2) is 36.6 Å². The topological polar surface area (TPSA) is 51.2 Å². The fraction of sp³-hybridized carbons (Fsp3) is 0.667. The number of hydrogen-bond donors (Lipinski definition) is 1. The van der Waals surface area contributed by atoms with Gasteiger partial charge >= 0.3 is 0 Å². The van der Waals surface area contributed by atoms with Crippen LogP contribution in [0.25, 0.3) is 0 Å². The van der Waals surface area contributed by atoms with Crippen LogP contribution in [0.5, 0.6) is 0 Å². The first-order valence-electron chi connectivity index (χ1n) is 6.10. The number of Topliss-reactive ketones (excluding diaryl/α,β-unsaturated/α-hetero) is 1. The maximum Gasteiger partial charge on any atom is 0.216 e. The van der Waals surface area contributed by atoms with Gasteiger partial charge < -0.3 is 10.1 Å². The first kappa shape index (κ1) is 12.7. The molecule has 2 heterocycles. The predicted octanol–water partition coefficient (Wildman–Crippen LogP) is 1.87.